The summed E-state index contributed by atoms with van der Waals surface area (Å²) in [6, 6.07) is 11.2. The highest BCUT2D eigenvalue weighted by Gasteiger charge is 2.05. The first-order chi connectivity index (χ1) is 9.24. The molecule has 0 fully saturated rings. The summed E-state index contributed by atoms with van der Waals surface area (Å²) in [5.74, 6) is 1.41. The highest BCUT2D eigenvalue weighted by Crippen LogP contribution is 2.28. The van der Waals surface area contributed by atoms with E-state index in [4.69, 9.17) is 17.3 Å². The zero-order chi connectivity index (χ0) is 13.2. The molecule has 0 spiro atoms. The average Bonchev–Trinajstić information content (AvgIpc) is 2.43. The van der Waals surface area contributed by atoms with E-state index in [1.165, 1.54) is 0 Å². The summed E-state index contributed by atoms with van der Waals surface area (Å²) in [6.07, 6.45) is 3.31. The molecule has 3 aromatic rings. The van der Waals surface area contributed by atoms with Crippen LogP contribution in [-0.2, 0) is 0 Å². The number of nitrogens with one attached hydrogen (secondary N) is 1. The van der Waals surface area contributed by atoms with Crippen LogP contribution in [-0.4, -0.2) is 9.97 Å². The van der Waals surface area contributed by atoms with Crippen molar-refractivity contribution in [2.45, 2.75) is 0 Å². The lowest BCUT2D eigenvalue weighted by molar-refractivity contribution is 1.27. The summed E-state index contributed by atoms with van der Waals surface area (Å²) in [5, 5.41) is 5.78. The molecule has 2 heterocycles. The second kappa shape index (κ2) is 4.74. The molecule has 19 heavy (non-hydrogen) atoms. The lowest BCUT2D eigenvalue weighted by atomic mass is 10.1. The van der Waals surface area contributed by atoms with Crippen LogP contribution < -0.4 is 11.1 Å². The maximum absolute atomic E-state index is 6.17. The Bertz CT molecular complexity index is 725. The number of anilines is 3. The molecule has 3 N–H and O–H groups in total. The third-order valence-electron chi connectivity index (χ3n) is 2.79. The third kappa shape index (κ3) is 2.30. The number of nitrogens with zero attached hydrogens (tertiary/aromatic N) is 2. The minimum Gasteiger partial charge on any atom is -0.397 e. The smallest absolute Gasteiger partial charge is 0.139 e. The largest absolute Gasteiger partial charge is 0.397 e. The lowest BCUT2D eigenvalue weighted by Crippen LogP contribution is -1.97. The Morgan fingerprint density at radius 1 is 1.00 bits per heavy atom. The summed E-state index contributed by atoms with van der Waals surface area (Å²) in [4.78, 5) is 8.52. The molecular weight excluding hydrogens is 260 g/mol. The van der Waals surface area contributed by atoms with Gasteiger partial charge in [0.2, 0.25) is 0 Å². The second-order valence-corrected chi connectivity index (χ2v) is 4.50. The molecule has 0 unspecified atom stereocenters. The first kappa shape index (κ1) is 11.7. The van der Waals surface area contributed by atoms with E-state index < -0.39 is 0 Å². The number of rotatable bonds is 2. The molecule has 3 rings (SSSR count). The number of pyridine rings is 2. The minimum absolute atomic E-state index is 0.625. The molecule has 0 aliphatic rings. The van der Waals surface area contributed by atoms with Crippen LogP contribution in [0.4, 0.5) is 17.3 Å². The van der Waals surface area contributed by atoms with Crippen LogP contribution in [0.25, 0.3) is 10.8 Å². The summed E-state index contributed by atoms with van der Waals surface area (Å²) < 4.78 is 0. The van der Waals surface area contributed by atoms with Gasteiger partial charge < -0.3 is 11.1 Å². The molecule has 0 atom stereocenters. The molecule has 0 saturated carbocycles. The summed E-state index contributed by atoms with van der Waals surface area (Å²) in [6.45, 7) is 0. The van der Waals surface area contributed by atoms with Gasteiger partial charge in [0.1, 0.15) is 11.6 Å². The van der Waals surface area contributed by atoms with E-state index in [-0.39, 0.29) is 0 Å². The number of benzene rings is 1. The fraction of sp³-hybridized carbons (Fsp3) is 0. The van der Waals surface area contributed by atoms with E-state index >= 15 is 0 Å². The van der Waals surface area contributed by atoms with Gasteiger partial charge in [-0.3, -0.25) is 0 Å². The summed E-state index contributed by atoms with van der Waals surface area (Å²) in [7, 11) is 0. The van der Waals surface area contributed by atoms with Crippen molar-refractivity contribution in [3.05, 3.63) is 53.8 Å². The number of nitrogens with two attached hydrogens (primary N) is 1. The van der Waals surface area contributed by atoms with Crippen LogP contribution in [0.1, 0.15) is 0 Å². The van der Waals surface area contributed by atoms with E-state index in [1.54, 1.807) is 24.5 Å². The predicted octanol–water partition coefficient (Wildman–Crippen LogP) is 3.61. The molecule has 0 amide bonds. The number of nitrogen functional groups attached to an aromatic ring is 1. The highest BCUT2D eigenvalue weighted by atomic mass is 35.5. The summed E-state index contributed by atoms with van der Waals surface area (Å²) >= 11 is 6.17. The third-order valence-corrected chi connectivity index (χ3v) is 3.12. The average molecular weight is 271 g/mol. The Kier molecular flexibility index (Phi) is 2.93. The molecular formula is C14H11ClN4. The molecule has 1 aromatic carbocycles. The SMILES string of the molecule is Nc1ccc(Nc2nccc3c(Cl)cccc23)nc1. The van der Waals surface area contributed by atoms with Gasteiger partial charge in [-0.2, -0.15) is 0 Å². The first-order valence-electron chi connectivity index (χ1n) is 5.76. The van der Waals surface area contributed by atoms with Crippen molar-refractivity contribution in [3.63, 3.8) is 0 Å². The number of fused-ring (bicyclic) bond motifs is 1. The molecule has 94 valence electrons. The molecule has 0 radical (unpaired) electrons. The van der Waals surface area contributed by atoms with Crippen molar-refractivity contribution in [2.24, 2.45) is 0 Å². The monoisotopic (exact) mass is 270 g/mol. The van der Waals surface area contributed by atoms with Crippen LogP contribution in [0.15, 0.2) is 48.8 Å². The maximum Gasteiger partial charge on any atom is 0.139 e. The van der Waals surface area contributed by atoms with Gasteiger partial charge in [0.25, 0.3) is 0 Å². The Balaban J connectivity index is 2.06. The fourth-order valence-electron chi connectivity index (χ4n) is 1.87. The Hall–Kier alpha value is -2.33. The number of halogens is 1. The standard InChI is InChI=1S/C14H11ClN4/c15-12-3-1-2-11-10(12)6-7-17-14(11)19-13-5-4-9(16)8-18-13/h1-8H,16H2,(H,17,18,19). The second-order valence-electron chi connectivity index (χ2n) is 4.10. The van der Waals surface area contributed by atoms with Crippen molar-refractivity contribution >= 4 is 39.7 Å². The number of hydrogen-bond donors (Lipinski definition) is 2. The molecule has 0 bridgehead atoms. The minimum atomic E-state index is 0.625. The molecule has 0 aliphatic carbocycles. The van der Waals surface area contributed by atoms with Gasteiger partial charge in [0, 0.05) is 22.0 Å². The Morgan fingerprint density at radius 2 is 1.89 bits per heavy atom. The zero-order valence-electron chi connectivity index (χ0n) is 9.97. The highest BCUT2D eigenvalue weighted by molar-refractivity contribution is 6.35. The molecule has 2 aromatic heterocycles. The number of hydrogen-bond acceptors (Lipinski definition) is 4. The van der Waals surface area contributed by atoms with Crippen LogP contribution in [0.2, 0.25) is 5.02 Å². The quantitative estimate of drug-likeness (QED) is 0.747. The van der Waals surface area contributed by atoms with Gasteiger partial charge in [-0.15, -0.1) is 0 Å². The van der Waals surface area contributed by atoms with Crippen molar-refractivity contribution < 1.29 is 0 Å². The van der Waals surface area contributed by atoms with E-state index in [0.29, 0.717) is 16.5 Å². The van der Waals surface area contributed by atoms with E-state index in [9.17, 15) is 0 Å². The maximum atomic E-state index is 6.17. The molecule has 4 nitrogen and oxygen atoms in total. The van der Waals surface area contributed by atoms with Crippen molar-refractivity contribution in [1.82, 2.24) is 9.97 Å². The summed E-state index contributed by atoms with van der Waals surface area (Å²) in [5.41, 5.74) is 6.23. The normalized spacial score (nSPS) is 10.6. The van der Waals surface area contributed by atoms with E-state index in [0.717, 1.165) is 16.6 Å². The van der Waals surface area contributed by atoms with Crippen LogP contribution in [0.5, 0.6) is 0 Å². The number of aromatic nitrogens is 2. The van der Waals surface area contributed by atoms with Gasteiger partial charge in [-0.1, -0.05) is 23.7 Å². The van der Waals surface area contributed by atoms with E-state index in [1.807, 2.05) is 24.3 Å². The lowest BCUT2D eigenvalue weighted by Gasteiger charge is -2.08. The molecule has 0 saturated heterocycles. The van der Waals surface area contributed by atoms with Gasteiger partial charge in [0.15, 0.2) is 0 Å². The molecule has 0 aliphatic heterocycles. The topological polar surface area (TPSA) is 63.8 Å². The molecule has 5 heteroatoms. The van der Waals surface area contributed by atoms with Crippen LogP contribution >= 0.6 is 11.6 Å². The van der Waals surface area contributed by atoms with E-state index in [2.05, 4.69) is 15.3 Å². The van der Waals surface area contributed by atoms with Crippen LogP contribution in [0.3, 0.4) is 0 Å². The Labute approximate surface area is 115 Å². The van der Waals surface area contributed by atoms with Crippen molar-refractivity contribution in [2.75, 3.05) is 11.1 Å². The van der Waals surface area contributed by atoms with Crippen molar-refractivity contribution in [3.8, 4) is 0 Å². The first-order valence-corrected chi connectivity index (χ1v) is 6.13. The van der Waals surface area contributed by atoms with Gasteiger partial charge in [0.05, 0.1) is 11.9 Å². The van der Waals surface area contributed by atoms with Gasteiger partial charge >= 0.3 is 0 Å². The van der Waals surface area contributed by atoms with Crippen molar-refractivity contribution in [1.29, 1.82) is 0 Å². The van der Waals surface area contributed by atoms with Gasteiger partial charge in [-0.05, 0) is 24.3 Å². The fourth-order valence-corrected chi connectivity index (χ4v) is 2.11. The van der Waals surface area contributed by atoms with Gasteiger partial charge in [-0.25, -0.2) is 9.97 Å². The zero-order valence-corrected chi connectivity index (χ0v) is 10.7. The van der Waals surface area contributed by atoms with Crippen LogP contribution in [0, 0.1) is 0 Å². The predicted molar refractivity (Wildman–Crippen MR) is 78.7 cm³/mol. The Morgan fingerprint density at radius 3 is 2.68 bits per heavy atom.